The lowest BCUT2D eigenvalue weighted by atomic mass is 9.96. The van der Waals surface area contributed by atoms with Gasteiger partial charge in [0.15, 0.2) is 5.75 Å². The predicted octanol–water partition coefficient (Wildman–Crippen LogP) is 4.06. The van der Waals surface area contributed by atoms with E-state index in [-0.39, 0.29) is 0 Å². The van der Waals surface area contributed by atoms with Crippen LogP contribution in [0.25, 0.3) is 0 Å². The third-order valence-corrected chi connectivity index (χ3v) is 4.79. The summed E-state index contributed by atoms with van der Waals surface area (Å²) >= 11 is 0. The van der Waals surface area contributed by atoms with Gasteiger partial charge in [0.1, 0.15) is 24.8 Å². The minimum atomic E-state index is 0.370. The molecule has 0 unspecified atom stereocenters. The van der Waals surface area contributed by atoms with Crippen molar-refractivity contribution in [2.75, 3.05) is 23.8 Å². The molecule has 2 aliphatic rings. The summed E-state index contributed by atoms with van der Waals surface area (Å²) in [7, 11) is 0. The van der Waals surface area contributed by atoms with Crippen LogP contribution in [0.4, 0.5) is 23.1 Å². The van der Waals surface area contributed by atoms with Crippen LogP contribution >= 0.6 is 0 Å². The number of fused-ring (bicyclic) bond motifs is 1. The number of hydrogen-bond acceptors (Lipinski definition) is 8. The maximum atomic E-state index is 5.89. The van der Waals surface area contributed by atoms with Crippen LogP contribution in [-0.4, -0.2) is 34.3 Å². The Balaban J connectivity index is 1.25. The molecule has 0 saturated heterocycles. The van der Waals surface area contributed by atoms with E-state index in [1.165, 1.54) is 6.42 Å². The molecule has 5 rings (SSSR count). The van der Waals surface area contributed by atoms with Crippen LogP contribution in [0.15, 0.2) is 48.8 Å². The molecule has 2 N–H and O–H groups in total. The van der Waals surface area contributed by atoms with Crippen molar-refractivity contribution in [3.8, 4) is 17.4 Å². The first-order chi connectivity index (χ1) is 14.3. The molecule has 148 valence electrons. The zero-order valence-corrected chi connectivity index (χ0v) is 15.8. The van der Waals surface area contributed by atoms with E-state index in [1.807, 2.05) is 30.3 Å². The Hall–Kier alpha value is -3.55. The fourth-order valence-electron chi connectivity index (χ4n) is 3.07. The SMILES string of the molecule is c1cc(Nc2cnc3c(c2)OCCO3)nc(Nc2ccc(OC3CCC3)cc2)n1. The highest BCUT2D eigenvalue weighted by Gasteiger charge is 2.18. The van der Waals surface area contributed by atoms with E-state index in [9.17, 15) is 0 Å². The Bertz CT molecular complexity index is 992. The van der Waals surface area contributed by atoms with Gasteiger partial charge in [-0.15, -0.1) is 0 Å². The molecule has 1 aromatic carbocycles. The van der Waals surface area contributed by atoms with E-state index < -0.39 is 0 Å². The van der Waals surface area contributed by atoms with Crippen LogP contribution in [0.5, 0.6) is 17.4 Å². The van der Waals surface area contributed by atoms with E-state index in [0.717, 1.165) is 30.0 Å². The fraction of sp³-hybridized carbons (Fsp3) is 0.286. The smallest absolute Gasteiger partial charge is 0.257 e. The van der Waals surface area contributed by atoms with Crippen molar-refractivity contribution in [3.63, 3.8) is 0 Å². The molecule has 3 aromatic rings. The van der Waals surface area contributed by atoms with Crippen molar-refractivity contribution in [1.82, 2.24) is 15.0 Å². The summed E-state index contributed by atoms with van der Waals surface area (Å²) in [5, 5.41) is 6.43. The lowest BCUT2D eigenvalue weighted by Gasteiger charge is -2.26. The van der Waals surface area contributed by atoms with Crippen LogP contribution in [0, 0.1) is 0 Å². The van der Waals surface area contributed by atoms with Crippen molar-refractivity contribution in [1.29, 1.82) is 0 Å². The molecule has 3 heterocycles. The molecule has 0 bridgehead atoms. The number of pyridine rings is 1. The highest BCUT2D eigenvalue weighted by atomic mass is 16.6. The van der Waals surface area contributed by atoms with Gasteiger partial charge in [-0.1, -0.05) is 0 Å². The lowest BCUT2D eigenvalue weighted by molar-refractivity contribution is 0.120. The maximum Gasteiger partial charge on any atom is 0.257 e. The molecule has 1 fully saturated rings. The minimum Gasteiger partial charge on any atom is -0.490 e. The summed E-state index contributed by atoms with van der Waals surface area (Å²) in [6.45, 7) is 1.03. The third-order valence-electron chi connectivity index (χ3n) is 4.79. The van der Waals surface area contributed by atoms with E-state index in [1.54, 1.807) is 18.5 Å². The third kappa shape index (κ3) is 4.16. The van der Waals surface area contributed by atoms with E-state index in [2.05, 4.69) is 25.6 Å². The zero-order chi connectivity index (χ0) is 19.5. The summed E-state index contributed by atoms with van der Waals surface area (Å²) < 4.78 is 16.9. The number of hydrogen-bond donors (Lipinski definition) is 2. The Morgan fingerprint density at radius 3 is 2.62 bits per heavy atom. The molecule has 0 atom stereocenters. The molecule has 29 heavy (non-hydrogen) atoms. The average Bonchev–Trinajstić information content (AvgIpc) is 2.72. The van der Waals surface area contributed by atoms with Crippen molar-refractivity contribution in [2.45, 2.75) is 25.4 Å². The van der Waals surface area contributed by atoms with Crippen LogP contribution in [0.2, 0.25) is 0 Å². The molecule has 2 aromatic heterocycles. The van der Waals surface area contributed by atoms with Crippen LogP contribution in [-0.2, 0) is 0 Å². The van der Waals surface area contributed by atoms with Gasteiger partial charge in [0.05, 0.1) is 18.0 Å². The van der Waals surface area contributed by atoms with Crippen molar-refractivity contribution >= 4 is 23.1 Å². The second-order valence-electron chi connectivity index (χ2n) is 6.93. The van der Waals surface area contributed by atoms with Gasteiger partial charge in [-0.25, -0.2) is 9.97 Å². The van der Waals surface area contributed by atoms with E-state index in [4.69, 9.17) is 14.2 Å². The number of ether oxygens (including phenoxy) is 3. The van der Waals surface area contributed by atoms with Crippen LogP contribution in [0.3, 0.4) is 0 Å². The molecule has 1 aliphatic heterocycles. The van der Waals surface area contributed by atoms with Gasteiger partial charge in [0.2, 0.25) is 5.95 Å². The van der Waals surface area contributed by atoms with Gasteiger partial charge in [0.25, 0.3) is 5.88 Å². The monoisotopic (exact) mass is 391 g/mol. The van der Waals surface area contributed by atoms with Gasteiger partial charge < -0.3 is 24.8 Å². The number of nitrogens with zero attached hydrogens (tertiary/aromatic N) is 3. The van der Waals surface area contributed by atoms with Gasteiger partial charge in [-0.3, -0.25) is 0 Å². The van der Waals surface area contributed by atoms with Crippen LogP contribution in [0.1, 0.15) is 19.3 Å². The quantitative estimate of drug-likeness (QED) is 0.650. The molecule has 1 saturated carbocycles. The highest BCUT2D eigenvalue weighted by Crippen LogP contribution is 2.31. The standard InChI is InChI=1S/C21H21N5O3/c1-2-16(3-1)29-17-6-4-14(5-7-17)25-21-22-9-8-19(26-21)24-15-12-18-20(23-13-15)28-11-10-27-18/h4-9,12-13,16H,1-3,10-11H2,(H2,22,24,25,26). The Morgan fingerprint density at radius 2 is 1.79 bits per heavy atom. The molecular weight excluding hydrogens is 370 g/mol. The molecular formula is C21H21N5O3. The topological polar surface area (TPSA) is 90.4 Å². The number of nitrogens with one attached hydrogen (secondary N) is 2. The summed E-state index contributed by atoms with van der Waals surface area (Å²) in [5.74, 6) is 3.16. The van der Waals surface area contributed by atoms with Crippen LogP contribution < -0.4 is 24.8 Å². The largest absolute Gasteiger partial charge is 0.490 e. The summed E-state index contributed by atoms with van der Waals surface area (Å²) in [6.07, 6.45) is 7.30. The van der Waals surface area contributed by atoms with E-state index in [0.29, 0.717) is 42.7 Å². The summed E-state index contributed by atoms with van der Waals surface area (Å²) in [5.41, 5.74) is 1.65. The molecule has 8 nitrogen and oxygen atoms in total. The maximum absolute atomic E-state index is 5.89. The predicted molar refractivity (Wildman–Crippen MR) is 109 cm³/mol. The molecule has 8 heteroatoms. The number of aromatic nitrogens is 3. The Morgan fingerprint density at radius 1 is 0.931 bits per heavy atom. The normalized spacial score (nSPS) is 15.3. The number of anilines is 4. The average molecular weight is 391 g/mol. The zero-order valence-electron chi connectivity index (χ0n) is 15.8. The molecule has 0 radical (unpaired) electrons. The minimum absolute atomic E-state index is 0.370. The summed E-state index contributed by atoms with van der Waals surface area (Å²) in [4.78, 5) is 13.1. The number of benzene rings is 1. The van der Waals surface area contributed by atoms with Gasteiger partial charge in [-0.05, 0) is 49.6 Å². The lowest BCUT2D eigenvalue weighted by Crippen LogP contribution is -2.24. The first kappa shape index (κ1) is 17.5. The Labute approximate surface area is 168 Å². The van der Waals surface area contributed by atoms with Gasteiger partial charge in [-0.2, -0.15) is 4.98 Å². The second-order valence-corrected chi connectivity index (χ2v) is 6.93. The number of rotatable bonds is 6. The molecule has 0 amide bonds. The highest BCUT2D eigenvalue weighted by molar-refractivity contribution is 5.61. The van der Waals surface area contributed by atoms with Crippen molar-refractivity contribution in [2.24, 2.45) is 0 Å². The van der Waals surface area contributed by atoms with Crippen molar-refractivity contribution < 1.29 is 14.2 Å². The van der Waals surface area contributed by atoms with Gasteiger partial charge in [0, 0.05) is 18.0 Å². The fourth-order valence-corrected chi connectivity index (χ4v) is 3.07. The second kappa shape index (κ2) is 7.83. The molecule has 0 spiro atoms. The molecule has 1 aliphatic carbocycles. The van der Waals surface area contributed by atoms with Gasteiger partial charge >= 0.3 is 0 Å². The summed E-state index contributed by atoms with van der Waals surface area (Å²) in [6, 6.07) is 11.5. The van der Waals surface area contributed by atoms with Crippen molar-refractivity contribution in [3.05, 3.63) is 48.8 Å². The first-order valence-corrected chi connectivity index (χ1v) is 9.71. The Kier molecular flexibility index (Phi) is 4.73. The first-order valence-electron chi connectivity index (χ1n) is 9.71. The van der Waals surface area contributed by atoms with E-state index >= 15 is 0 Å².